The molecule has 0 aromatic carbocycles. The molecule has 6 N–H and O–H groups in total. The fraction of sp³-hybridized carbons (Fsp3) is 1.00. The van der Waals surface area contributed by atoms with Gasteiger partial charge >= 0.3 is 0 Å². The average Bonchev–Trinajstić information content (AvgIpc) is 2.57. The van der Waals surface area contributed by atoms with E-state index < -0.39 is 8.60 Å². The topological polar surface area (TPSA) is 119 Å². The van der Waals surface area contributed by atoms with Crippen molar-refractivity contribution in [3.8, 4) is 0 Å². The fourth-order valence-corrected chi connectivity index (χ4v) is 1.66. The molecule has 0 spiro atoms. The quantitative estimate of drug-likeness (QED) is 0.277. The zero-order valence-corrected chi connectivity index (χ0v) is 18.8. The highest BCUT2D eigenvalue weighted by molar-refractivity contribution is 7.33. The summed E-state index contributed by atoms with van der Waals surface area (Å²) in [6, 6.07) is 0. The van der Waals surface area contributed by atoms with Crippen LogP contribution in [0.4, 0.5) is 0 Å². The van der Waals surface area contributed by atoms with E-state index in [0.717, 1.165) is 0 Å². The largest absolute Gasteiger partial charge is 0.854 e. The Balaban J connectivity index is -0.000000120. The molecule has 0 radical (unpaired) electrons. The third-order valence-electron chi connectivity index (χ3n) is 2.96. The van der Waals surface area contributed by atoms with Crippen molar-refractivity contribution in [3.05, 3.63) is 0 Å². The summed E-state index contributed by atoms with van der Waals surface area (Å²) in [5.41, 5.74) is 0. The van der Waals surface area contributed by atoms with Gasteiger partial charge in [-0.25, -0.2) is 0 Å². The van der Waals surface area contributed by atoms with Crippen molar-refractivity contribution in [1.82, 2.24) is 0 Å². The van der Waals surface area contributed by atoms with Gasteiger partial charge in [0.1, 0.15) is 0 Å². The van der Waals surface area contributed by atoms with Crippen molar-refractivity contribution in [2.24, 2.45) is 0 Å². The molecule has 0 heterocycles. The minimum Gasteiger partial charge on any atom is -0.854 e. The van der Waals surface area contributed by atoms with E-state index in [-0.39, 0.29) is 0 Å². The molecule has 0 unspecified atom stereocenters. The highest BCUT2D eigenvalue weighted by Crippen LogP contribution is 1.85. The zero-order chi connectivity index (χ0) is 20.2. The van der Waals surface area contributed by atoms with Crippen LogP contribution in [0.2, 0.25) is 0 Å². The lowest BCUT2D eigenvalue weighted by Gasteiger charge is -2.39. The van der Waals surface area contributed by atoms with E-state index in [1.165, 1.54) is 77.8 Å². The summed E-state index contributed by atoms with van der Waals surface area (Å²) < 4.78 is 0. The first kappa shape index (κ1) is 32.8. The Morgan fingerprint density at radius 1 is 0.440 bits per heavy atom. The Bertz CT molecular complexity index is 141. The van der Waals surface area contributed by atoms with Crippen LogP contribution < -0.4 is 30.6 Å². The van der Waals surface area contributed by atoms with Crippen molar-refractivity contribution in [2.45, 2.75) is 80.1 Å². The molecule has 6 nitrogen and oxygen atoms in total. The second-order valence-corrected chi connectivity index (χ2v) is 6.27. The van der Waals surface area contributed by atoms with Gasteiger partial charge < -0.3 is 39.2 Å². The van der Waals surface area contributed by atoms with Crippen LogP contribution in [0.15, 0.2) is 0 Å². The second-order valence-electron chi connectivity index (χ2n) is 5.82. The van der Waals surface area contributed by atoms with Crippen molar-refractivity contribution in [3.63, 3.8) is 0 Å². The monoisotopic (exact) mass is 385 g/mol. The molecular formula is C18H48N3O3P. The molecule has 0 bridgehead atoms. The molecule has 0 amide bonds. The first-order valence-electron chi connectivity index (χ1n) is 10.2. The van der Waals surface area contributed by atoms with E-state index in [2.05, 4.69) is 57.5 Å². The molecule has 0 rings (SSSR count). The van der Waals surface area contributed by atoms with E-state index in [1.54, 1.807) is 0 Å². The Morgan fingerprint density at radius 3 is 0.640 bits per heavy atom. The molecule has 0 fully saturated rings. The van der Waals surface area contributed by atoms with Crippen LogP contribution in [0.25, 0.3) is 0 Å². The molecule has 0 aliphatic rings. The van der Waals surface area contributed by atoms with Gasteiger partial charge in [-0.3, -0.25) is 0 Å². The molecule has 0 atom stereocenters. The zero-order valence-electron chi connectivity index (χ0n) is 17.9. The summed E-state index contributed by atoms with van der Waals surface area (Å²) >= 11 is 0. The number of hydrogen-bond donors (Lipinski definition) is 3. The summed E-state index contributed by atoms with van der Waals surface area (Å²) in [4.78, 5) is 25.4. The van der Waals surface area contributed by atoms with Gasteiger partial charge in [-0.15, -0.1) is 0 Å². The van der Waals surface area contributed by atoms with Crippen LogP contribution in [0.1, 0.15) is 80.1 Å². The Kier molecular flexibility index (Phi) is 51.6. The number of quaternary nitrogens is 3. The normalized spacial score (nSPS) is 9.36. The van der Waals surface area contributed by atoms with Gasteiger partial charge in [-0.05, 0) is 38.5 Å². The highest BCUT2D eigenvalue weighted by Gasteiger charge is 1.81. The number of rotatable bonds is 12. The minimum atomic E-state index is -3.37. The van der Waals surface area contributed by atoms with Gasteiger partial charge in [-0.1, -0.05) is 41.5 Å². The molecule has 0 saturated carbocycles. The molecular weight excluding hydrogens is 337 g/mol. The second kappa shape index (κ2) is 39.3. The van der Waals surface area contributed by atoms with E-state index in [9.17, 15) is 0 Å². The third kappa shape index (κ3) is 80.2. The number of hydrogen-bond acceptors (Lipinski definition) is 3. The summed E-state index contributed by atoms with van der Waals surface area (Å²) in [5.74, 6) is 0. The smallest absolute Gasteiger partial charge is 0.0752 e. The lowest BCUT2D eigenvalue weighted by molar-refractivity contribution is -0.654. The maximum atomic E-state index is 8.48. The van der Waals surface area contributed by atoms with Crippen molar-refractivity contribution in [1.29, 1.82) is 0 Å². The van der Waals surface area contributed by atoms with Crippen LogP contribution >= 0.6 is 8.60 Å². The van der Waals surface area contributed by atoms with E-state index in [4.69, 9.17) is 14.7 Å². The van der Waals surface area contributed by atoms with Gasteiger partial charge in [-0.2, -0.15) is 0 Å². The van der Waals surface area contributed by atoms with Gasteiger partial charge in [0.2, 0.25) is 0 Å². The lowest BCUT2D eigenvalue weighted by atomic mass is 10.4. The lowest BCUT2D eigenvalue weighted by Crippen LogP contribution is -2.84. The predicted molar refractivity (Wildman–Crippen MR) is 104 cm³/mol. The maximum absolute atomic E-state index is 8.48. The van der Waals surface area contributed by atoms with E-state index in [0.29, 0.717) is 0 Å². The van der Waals surface area contributed by atoms with Crippen molar-refractivity contribution < 1.29 is 30.6 Å². The van der Waals surface area contributed by atoms with Gasteiger partial charge in [0, 0.05) is 0 Å². The Hall–Kier alpha value is 0.190. The van der Waals surface area contributed by atoms with Crippen molar-refractivity contribution >= 4 is 8.60 Å². The van der Waals surface area contributed by atoms with Gasteiger partial charge in [0.05, 0.1) is 39.3 Å². The fourth-order valence-electron chi connectivity index (χ4n) is 1.66. The summed E-state index contributed by atoms with van der Waals surface area (Å²) in [7, 11) is -3.37. The molecule has 158 valence electrons. The standard InChI is InChI=1S/3C6H15N.O3P/c3*1-3-5-7-6-4-2;1-4(2)3/h3*7H,3-6H2,1-2H3;/q;;;-3/p+3. The molecule has 0 saturated heterocycles. The Morgan fingerprint density at radius 2 is 0.560 bits per heavy atom. The summed E-state index contributed by atoms with van der Waals surface area (Å²) in [6.07, 6.45) is 7.83. The van der Waals surface area contributed by atoms with Gasteiger partial charge in [0.15, 0.2) is 0 Å². The van der Waals surface area contributed by atoms with E-state index in [1.807, 2.05) is 0 Å². The third-order valence-corrected chi connectivity index (χ3v) is 2.96. The maximum Gasteiger partial charge on any atom is 0.0752 e. The molecule has 25 heavy (non-hydrogen) atoms. The van der Waals surface area contributed by atoms with Crippen LogP contribution in [-0.2, 0) is 0 Å². The summed E-state index contributed by atoms with van der Waals surface area (Å²) in [5, 5.41) is 7.08. The molecule has 0 aromatic heterocycles. The minimum absolute atomic E-state index is 1.30. The number of nitrogens with two attached hydrogens (primary N) is 3. The predicted octanol–water partition coefficient (Wildman–Crippen LogP) is -1.60. The van der Waals surface area contributed by atoms with Crippen LogP contribution in [0, 0.1) is 0 Å². The average molecular weight is 386 g/mol. The van der Waals surface area contributed by atoms with E-state index >= 15 is 0 Å². The summed E-state index contributed by atoms with van der Waals surface area (Å²) in [6.45, 7) is 21.1. The van der Waals surface area contributed by atoms with Crippen molar-refractivity contribution in [2.75, 3.05) is 39.3 Å². The highest BCUT2D eigenvalue weighted by atomic mass is 31.2. The molecule has 7 heteroatoms. The first-order valence-corrected chi connectivity index (χ1v) is 11.3. The van der Waals surface area contributed by atoms with Crippen LogP contribution in [0.5, 0.6) is 0 Å². The van der Waals surface area contributed by atoms with Gasteiger partial charge in [0.25, 0.3) is 0 Å². The molecule has 0 aliphatic heterocycles. The molecule has 0 aliphatic carbocycles. The molecule has 0 aromatic rings. The van der Waals surface area contributed by atoms with Crippen LogP contribution in [-0.4, -0.2) is 39.3 Å². The SMILES string of the molecule is CCC[NH2+]CCC.CCC[NH2+]CCC.CCC[NH2+]CCC.[O-]P([O-])[O-]. The first-order chi connectivity index (χ1) is 12.0. The van der Waals surface area contributed by atoms with Crippen LogP contribution in [0.3, 0.4) is 0 Å². The Labute approximate surface area is 159 Å².